The molecule has 1 rings (SSSR count). The minimum Gasteiger partial charge on any atom is -0.399 e. The summed E-state index contributed by atoms with van der Waals surface area (Å²) < 4.78 is 0. The Labute approximate surface area is 101 Å². The zero-order valence-corrected chi connectivity index (χ0v) is 10.0. The second kappa shape index (κ2) is 5.75. The van der Waals surface area contributed by atoms with Crippen LogP contribution in [-0.4, -0.2) is 26.5 Å². The lowest BCUT2D eigenvalue weighted by Crippen LogP contribution is -2.26. The van der Waals surface area contributed by atoms with Gasteiger partial charge in [-0.25, -0.2) is 0 Å². The molecular weight excluding hydrogens is 216 g/mol. The number of nitrogen functional groups attached to an aromatic ring is 1. The summed E-state index contributed by atoms with van der Waals surface area (Å²) in [6.45, 7) is 0.554. The van der Waals surface area contributed by atoms with Gasteiger partial charge in [-0.2, -0.15) is 5.26 Å². The van der Waals surface area contributed by atoms with E-state index >= 15 is 0 Å². The Morgan fingerprint density at radius 2 is 2.29 bits per heavy atom. The number of carbonyl (C=O) groups is 1. The van der Waals surface area contributed by atoms with Crippen molar-refractivity contribution in [1.29, 1.82) is 5.26 Å². The van der Waals surface area contributed by atoms with Crippen LogP contribution in [0, 0.1) is 11.3 Å². The van der Waals surface area contributed by atoms with Gasteiger partial charge >= 0.3 is 0 Å². The van der Waals surface area contributed by atoms with Crippen LogP contribution in [-0.2, 0) is 4.79 Å². The highest BCUT2D eigenvalue weighted by Crippen LogP contribution is 2.21. The predicted octanol–water partition coefficient (Wildman–Crippen LogP) is 0.713. The summed E-state index contributed by atoms with van der Waals surface area (Å²) in [6.07, 6.45) is 0.391. The van der Waals surface area contributed by atoms with Gasteiger partial charge in [0.25, 0.3) is 0 Å². The van der Waals surface area contributed by atoms with Crippen molar-refractivity contribution in [3.05, 3.63) is 23.8 Å². The van der Waals surface area contributed by atoms with E-state index in [0.717, 1.165) is 5.69 Å². The number of nitriles is 1. The molecule has 0 heterocycles. The van der Waals surface area contributed by atoms with Crippen molar-refractivity contribution >= 4 is 17.3 Å². The van der Waals surface area contributed by atoms with Crippen LogP contribution in [0.15, 0.2) is 18.2 Å². The van der Waals surface area contributed by atoms with E-state index in [0.29, 0.717) is 24.2 Å². The number of anilines is 2. The summed E-state index contributed by atoms with van der Waals surface area (Å²) in [7, 11) is 3.45. The molecule has 1 aromatic carbocycles. The van der Waals surface area contributed by atoms with E-state index in [1.807, 2.05) is 11.9 Å². The highest BCUT2D eigenvalue weighted by Gasteiger charge is 2.09. The van der Waals surface area contributed by atoms with Crippen LogP contribution in [0.5, 0.6) is 0 Å². The van der Waals surface area contributed by atoms with Gasteiger partial charge in [-0.1, -0.05) is 0 Å². The minimum absolute atomic E-state index is 0.0224. The predicted molar refractivity (Wildman–Crippen MR) is 67.5 cm³/mol. The number of hydrogen-bond acceptors (Lipinski definition) is 4. The van der Waals surface area contributed by atoms with Gasteiger partial charge < -0.3 is 16.0 Å². The van der Waals surface area contributed by atoms with Crippen LogP contribution < -0.4 is 16.0 Å². The number of amides is 1. The molecule has 0 aromatic heterocycles. The molecule has 0 bridgehead atoms. The lowest BCUT2D eigenvalue weighted by Gasteiger charge is -2.20. The summed E-state index contributed by atoms with van der Waals surface area (Å²) in [5, 5.41) is 11.6. The molecule has 0 aliphatic rings. The van der Waals surface area contributed by atoms with Crippen molar-refractivity contribution in [2.24, 2.45) is 0 Å². The van der Waals surface area contributed by atoms with Crippen LogP contribution >= 0.6 is 0 Å². The van der Waals surface area contributed by atoms with Crippen LogP contribution in [0.2, 0.25) is 0 Å². The van der Waals surface area contributed by atoms with E-state index in [2.05, 4.69) is 11.4 Å². The number of nitrogens with zero attached hydrogens (tertiary/aromatic N) is 2. The third-order valence-electron chi connectivity index (χ3n) is 2.51. The molecule has 0 aliphatic heterocycles. The summed E-state index contributed by atoms with van der Waals surface area (Å²) in [6, 6.07) is 7.26. The fraction of sp³-hybridized carbons (Fsp3) is 0.333. The number of benzene rings is 1. The molecule has 5 nitrogen and oxygen atoms in total. The van der Waals surface area contributed by atoms with Crippen molar-refractivity contribution in [2.45, 2.75) is 6.42 Å². The first kappa shape index (κ1) is 12.8. The Hall–Kier alpha value is -2.22. The number of carbonyl (C=O) groups excluding carboxylic acids is 1. The van der Waals surface area contributed by atoms with E-state index in [4.69, 9.17) is 11.0 Å². The second-order valence-electron chi connectivity index (χ2n) is 3.73. The molecule has 17 heavy (non-hydrogen) atoms. The lowest BCUT2D eigenvalue weighted by atomic mass is 10.1. The average molecular weight is 232 g/mol. The third kappa shape index (κ3) is 3.38. The van der Waals surface area contributed by atoms with Gasteiger partial charge in [0.1, 0.15) is 6.07 Å². The minimum atomic E-state index is -0.0224. The maximum Gasteiger partial charge on any atom is 0.221 e. The van der Waals surface area contributed by atoms with Crippen molar-refractivity contribution in [3.8, 4) is 6.07 Å². The molecule has 0 spiro atoms. The monoisotopic (exact) mass is 232 g/mol. The summed E-state index contributed by atoms with van der Waals surface area (Å²) >= 11 is 0. The smallest absolute Gasteiger partial charge is 0.221 e. The quantitative estimate of drug-likeness (QED) is 0.749. The van der Waals surface area contributed by atoms with Gasteiger partial charge in [0, 0.05) is 32.7 Å². The molecule has 0 saturated carbocycles. The van der Waals surface area contributed by atoms with Gasteiger partial charge in [-0.3, -0.25) is 4.79 Å². The van der Waals surface area contributed by atoms with Gasteiger partial charge in [-0.15, -0.1) is 0 Å². The second-order valence-corrected chi connectivity index (χ2v) is 3.73. The Morgan fingerprint density at radius 1 is 1.59 bits per heavy atom. The van der Waals surface area contributed by atoms with Gasteiger partial charge in [-0.05, 0) is 18.2 Å². The maximum absolute atomic E-state index is 11.1. The van der Waals surface area contributed by atoms with Crippen molar-refractivity contribution in [2.75, 3.05) is 31.3 Å². The van der Waals surface area contributed by atoms with Crippen molar-refractivity contribution in [3.63, 3.8) is 0 Å². The molecule has 1 aromatic rings. The lowest BCUT2D eigenvalue weighted by molar-refractivity contribution is -0.120. The first-order valence-corrected chi connectivity index (χ1v) is 5.30. The third-order valence-corrected chi connectivity index (χ3v) is 2.51. The average Bonchev–Trinajstić information content (AvgIpc) is 2.35. The molecule has 0 unspecified atom stereocenters. The molecule has 0 fully saturated rings. The van der Waals surface area contributed by atoms with Crippen LogP contribution in [0.4, 0.5) is 11.4 Å². The van der Waals surface area contributed by atoms with Gasteiger partial charge in [0.05, 0.1) is 11.3 Å². The zero-order valence-electron chi connectivity index (χ0n) is 10.0. The maximum atomic E-state index is 11.1. The van der Waals surface area contributed by atoms with E-state index in [1.54, 1.807) is 25.2 Å². The van der Waals surface area contributed by atoms with E-state index in [9.17, 15) is 4.79 Å². The molecule has 3 N–H and O–H groups in total. The molecule has 0 atom stereocenters. The summed E-state index contributed by atoms with van der Waals surface area (Å²) in [5.74, 6) is -0.0224. The number of nitrogens with two attached hydrogens (primary N) is 1. The highest BCUT2D eigenvalue weighted by molar-refractivity contribution is 5.76. The fourth-order valence-electron chi connectivity index (χ4n) is 1.49. The standard InChI is InChI=1S/C12H16N4O/c1-15-12(17)5-6-16(2)11-4-3-10(14)7-9(11)8-13/h3-4,7H,5-6,14H2,1-2H3,(H,15,17). The van der Waals surface area contributed by atoms with Gasteiger partial charge in [0.2, 0.25) is 5.91 Å². The molecule has 0 aliphatic carbocycles. The number of rotatable bonds is 4. The van der Waals surface area contributed by atoms with Crippen LogP contribution in [0.25, 0.3) is 0 Å². The zero-order chi connectivity index (χ0) is 12.8. The number of nitrogens with one attached hydrogen (secondary N) is 1. The van der Waals surface area contributed by atoms with E-state index in [-0.39, 0.29) is 5.91 Å². The van der Waals surface area contributed by atoms with Crippen LogP contribution in [0.3, 0.4) is 0 Å². The number of hydrogen-bond donors (Lipinski definition) is 2. The molecule has 0 saturated heterocycles. The molecule has 90 valence electrons. The molecule has 1 amide bonds. The first-order chi connectivity index (χ1) is 8.08. The fourth-order valence-corrected chi connectivity index (χ4v) is 1.49. The van der Waals surface area contributed by atoms with Crippen LogP contribution in [0.1, 0.15) is 12.0 Å². The molecule has 0 radical (unpaired) electrons. The van der Waals surface area contributed by atoms with E-state index in [1.165, 1.54) is 0 Å². The SMILES string of the molecule is CNC(=O)CCN(C)c1ccc(N)cc1C#N. The molecule has 5 heteroatoms. The Kier molecular flexibility index (Phi) is 4.35. The van der Waals surface area contributed by atoms with E-state index < -0.39 is 0 Å². The Balaban J connectivity index is 2.79. The van der Waals surface area contributed by atoms with Crippen molar-refractivity contribution in [1.82, 2.24) is 5.32 Å². The normalized spacial score (nSPS) is 9.47. The topological polar surface area (TPSA) is 82.2 Å². The largest absolute Gasteiger partial charge is 0.399 e. The molecular formula is C12H16N4O. The Bertz CT molecular complexity index is 450. The first-order valence-electron chi connectivity index (χ1n) is 5.30. The van der Waals surface area contributed by atoms with Gasteiger partial charge in [0.15, 0.2) is 0 Å². The Morgan fingerprint density at radius 3 is 2.88 bits per heavy atom. The summed E-state index contributed by atoms with van der Waals surface area (Å²) in [4.78, 5) is 13.0. The highest BCUT2D eigenvalue weighted by atomic mass is 16.1. The summed E-state index contributed by atoms with van der Waals surface area (Å²) in [5.41, 5.74) is 7.47. The van der Waals surface area contributed by atoms with Crippen molar-refractivity contribution < 1.29 is 4.79 Å².